The number of rotatable bonds is 7. The van der Waals surface area contributed by atoms with Crippen LogP contribution in [-0.4, -0.2) is 22.4 Å². The van der Waals surface area contributed by atoms with Crippen LogP contribution in [0, 0.1) is 0 Å². The molecule has 0 fully saturated rings. The number of thioether (sulfide) groups is 1. The highest BCUT2D eigenvalue weighted by Crippen LogP contribution is 2.29. The minimum atomic E-state index is -0.180. The Balaban J connectivity index is 1.48. The van der Waals surface area contributed by atoms with Gasteiger partial charge in [0.1, 0.15) is 0 Å². The number of anilines is 1. The first-order chi connectivity index (χ1) is 14.7. The van der Waals surface area contributed by atoms with Crippen LogP contribution in [0.2, 0.25) is 0 Å². The zero-order chi connectivity index (χ0) is 20.8. The van der Waals surface area contributed by atoms with E-state index in [0.717, 1.165) is 21.6 Å². The van der Waals surface area contributed by atoms with Crippen LogP contribution in [0.25, 0.3) is 11.5 Å². The molecule has 1 amide bonds. The molecule has 4 rings (SSSR count). The van der Waals surface area contributed by atoms with E-state index in [9.17, 15) is 4.79 Å². The lowest BCUT2D eigenvalue weighted by Gasteiger charge is -2.17. The highest BCUT2D eigenvalue weighted by Gasteiger charge is 2.20. The minimum absolute atomic E-state index is 0.0612. The smallest absolute Gasteiger partial charge is 0.322 e. The van der Waals surface area contributed by atoms with E-state index in [1.54, 1.807) is 11.8 Å². The topological polar surface area (TPSA) is 68.0 Å². The summed E-state index contributed by atoms with van der Waals surface area (Å²) in [6.07, 6.45) is 2.29. The van der Waals surface area contributed by atoms with Crippen molar-refractivity contribution < 1.29 is 9.21 Å². The fourth-order valence-electron chi connectivity index (χ4n) is 3.28. The standard InChI is InChI=1S/C24H21N3O2S/c1-30-20-14-12-19(13-15-20)23-26-27-24(29-23)25-22(28)16-21(17-8-4-2-5-9-17)18-10-6-3-7-11-18/h2-15,21H,16H2,1H3,(H,25,27,28). The molecule has 1 N–H and O–H groups in total. The molecule has 0 unspecified atom stereocenters. The molecular weight excluding hydrogens is 394 g/mol. The van der Waals surface area contributed by atoms with Crippen LogP contribution in [-0.2, 0) is 4.79 Å². The van der Waals surface area contributed by atoms with Gasteiger partial charge in [-0.2, -0.15) is 0 Å². The van der Waals surface area contributed by atoms with Crippen molar-refractivity contribution in [1.82, 2.24) is 10.2 Å². The van der Waals surface area contributed by atoms with E-state index in [4.69, 9.17) is 4.42 Å². The number of aromatic nitrogens is 2. The van der Waals surface area contributed by atoms with Crippen LogP contribution in [0.1, 0.15) is 23.5 Å². The van der Waals surface area contributed by atoms with Crippen LogP contribution in [0.3, 0.4) is 0 Å². The fraction of sp³-hybridized carbons (Fsp3) is 0.125. The van der Waals surface area contributed by atoms with Crippen LogP contribution in [0.4, 0.5) is 6.01 Å². The predicted molar refractivity (Wildman–Crippen MR) is 119 cm³/mol. The van der Waals surface area contributed by atoms with Gasteiger partial charge in [0, 0.05) is 22.8 Å². The van der Waals surface area contributed by atoms with E-state index in [1.165, 1.54) is 0 Å². The number of hydrogen-bond donors (Lipinski definition) is 1. The summed E-state index contributed by atoms with van der Waals surface area (Å²) in [7, 11) is 0. The molecule has 5 nitrogen and oxygen atoms in total. The van der Waals surface area contributed by atoms with E-state index in [-0.39, 0.29) is 24.3 Å². The maximum atomic E-state index is 12.8. The number of carbonyl (C=O) groups is 1. The zero-order valence-corrected chi connectivity index (χ0v) is 17.3. The van der Waals surface area contributed by atoms with Crippen molar-refractivity contribution in [1.29, 1.82) is 0 Å². The summed E-state index contributed by atoms with van der Waals surface area (Å²) >= 11 is 1.66. The molecule has 0 atom stereocenters. The third-order valence-corrected chi connectivity index (χ3v) is 5.55. The molecule has 0 aliphatic heterocycles. The fourth-order valence-corrected chi connectivity index (χ4v) is 3.69. The molecule has 4 aromatic rings. The molecule has 0 bridgehead atoms. The Bertz CT molecular complexity index is 1060. The lowest BCUT2D eigenvalue weighted by atomic mass is 9.88. The Morgan fingerprint density at radius 1 is 0.900 bits per heavy atom. The van der Waals surface area contributed by atoms with Crippen molar-refractivity contribution in [3.05, 3.63) is 96.1 Å². The average Bonchev–Trinajstić information content (AvgIpc) is 3.27. The Hall–Kier alpha value is -3.38. The lowest BCUT2D eigenvalue weighted by Crippen LogP contribution is -2.16. The molecule has 3 aromatic carbocycles. The van der Waals surface area contributed by atoms with Gasteiger partial charge >= 0.3 is 6.01 Å². The van der Waals surface area contributed by atoms with Gasteiger partial charge in [0.05, 0.1) is 0 Å². The van der Waals surface area contributed by atoms with Gasteiger partial charge in [-0.15, -0.1) is 16.9 Å². The minimum Gasteiger partial charge on any atom is -0.403 e. The van der Waals surface area contributed by atoms with Crippen molar-refractivity contribution in [3.8, 4) is 11.5 Å². The molecule has 0 spiro atoms. The van der Waals surface area contributed by atoms with Crippen molar-refractivity contribution in [2.45, 2.75) is 17.2 Å². The van der Waals surface area contributed by atoms with Gasteiger partial charge in [0.15, 0.2) is 0 Å². The van der Waals surface area contributed by atoms with E-state index in [0.29, 0.717) is 5.89 Å². The normalized spacial score (nSPS) is 10.9. The van der Waals surface area contributed by atoms with Gasteiger partial charge in [0.25, 0.3) is 0 Å². The Kier molecular flexibility index (Phi) is 6.25. The summed E-state index contributed by atoms with van der Waals surface area (Å²) in [6, 6.07) is 27.9. The molecule has 150 valence electrons. The van der Waals surface area contributed by atoms with Crippen LogP contribution < -0.4 is 5.32 Å². The monoisotopic (exact) mass is 415 g/mol. The van der Waals surface area contributed by atoms with Gasteiger partial charge in [-0.25, -0.2) is 0 Å². The van der Waals surface area contributed by atoms with Crippen LogP contribution in [0.5, 0.6) is 0 Å². The first-order valence-electron chi connectivity index (χ1n) is 9.60. The summed E-state index contributed by atoms with van der Waals surface area (Å²) in [5.74, 6) is 0.134. The Morgan fingerprint density at radius 2 is 1.50 bits per heavy atom. The molecule has 0 aliphatic carbocycles. The highest BCUT2D eigenvalue weighted by atomic mass is 32.2. The van der Waals surface area contributed by atoms with Crippen molar-refractivity contribution >= 4 is 23.7 Å². The van der Waals surface area contributed by atoms with Gasteiger partial charge < -0.3 is 4.42 Å². The number of nitrogens with one attached hydrogen (secondary N) is 1. The van der Waals surface area contributed by atoms with E-state index >= 15 is 0 Å². The van der Waals surface area contributed by atoms with E-state index in [1.807, 2.05) is 91.2 Å². The van der Waals surface area contributed by atoms with Gasteiger partial charge in [-0.05, 0) is 41.6 Å². The summed E-state index contributed by atoms with van der Waals surface area (Å²) in [5.41, 5.74) is 2.98. The number of carbonyl (C=O) groups excluding carboxylic acids is 1. The number of benzene rings is 3. The van der Waals surface area contributed by atoms with Gasteiger partial charge in [-0.3, -0.25) is 10.1 Å². The number of amides is 1. The molecule has 1 heterocycles. The second-order valence-corrected chi connectivity index (χ2v) is 7.65. The first-order valence-corrected chi connectivity index (χ1v) is 10.8. The van der Waals surface area contributed by atoms with Crippen LogP contribution >= 0.6 is 11.8 Å². The molecule has 0 aliphatic rings. The van der Waals surface area contributed by atoms with Crippen LogP contribution in [0.15, 0.2) is 94.2 Å². The average molecular weight is 416 g/mol. The largest absolute Gasteiger partial charge is 0.403 e. The first kappa shape index (κ1) is 19.9. The van der Waals surface area contributed by atoms with Crippen molar-refractivity contribution in [2.75, 3.05) is 11.6 Å². The second kappa shape index (κ2) is 9.41. The molecule has 6 heteroatoms. The second-order valence-electron chi connectivity index (χ2n) is 6.77. The maximum Gasteiger partial charge on any atom is 0.322 e. The predicted octanol–water partition coefficient (Wildman–Crippen LogP) is 5.62. The molecule has 1 aromatic heterocycles. The van der Waals surface area contributed by atoms with E-state index in [2.05, 4.69) is 15.5 Å². The summed E-state index contributed by atoms with van der Waals surface area (Å²) in [4.78, 5) is 13.9. The summed E-state index contributed by atoms with van der Waals surface area (Å²) in [5, 5.41) is 10.8. The number of nitrogens with zero attached hydrogens (tertiary/aromatic N) is 2. The lowest BCUT2D eigenvalue weighted by molar-refractivity contribution is -0.116. The Morgan fingerprint density at radius 3 is 2.07 bits per heavy atom. The third kappa shape index (κ3) is 4.78. The van der Waals surface area contributed by atoms with Gasteiger partial charge in [-0.1, -0.05) is 65.8 Å². The summed E-state index contributed by atoms with van der Waals surface area (Å²) in [6.45, 7) is 0. The maximum absolute atomic E-state index is 12.8. The summed E-state index contributed by atoms with van der Waals surface area (Å²) < 4.78 is 5.65. The molecule has 0 saturated carbocycles. The van der Waals surface area contributed by atoms with Crippen molar-refractivity contribution in [2.24, 2.45) is 0 Å². The SMILES string of the molecule is CSc1ccc(-c2nnc(NC(=O)CC(c3ccccc3)c3ccccc3)o2)cc1. The molecular formula is C24H21N3O2S. The molecule has 0 saturated heterocycles. The third-order valence-electron chi connectivity index (χ3n) is 4.80. The molecule has 30 heavy (non-hydrogen) atoms. The zero-order valence-electron chi connectivity index (χ0n) is 16.5. The number of hydrogen-bond acceptors (Lipinski definition) is 5. The Labute approximate surface area is 179 Å². The quantitative estimate of drug-likeness (QED) is 0.397. The van der Waals surface area contributed by atoms with Crippen molar-refractivity contribution in [3.63, 3.8) is 0 Å². The van der Waals surface area contributed by atoms with E-state index < -0.39 is 0 Å². The molecule has 0 radical (unpaired) electrons. The highest BCUT2D eigenvalue weighted by molar-refractivity contribution is 7.98. The van der Waals surface area contributed by atoms with Gasteiger partial charge in [0.2, 0.25) is 11.8 Å².